The lowest BCUT2D eigenvalue weighted by Crippen LogP contribution is -1.97. The summed E-state index contributed by atoms with van der Waals surface area (Å²) in [6.45, 7) is 1.01. The number of carboxylic acids is 1. The third kappa shape index (κ3) is 2.29. The van der Waals surface area contributed by atoms with Crippen LogP contribution in [0.5, 0.6) is 0 Å². The number of hydrogen-bond acceptors (Lipinski definition) is 2. The minimum absolute atomic E-state index is 0.261. The van der Waals surface area contributed by atoms with E-state index < -0.39 is 5.97 Å². The van der Waals surface area contributed by atoms with Crippen LogP contribution < -0.4 is 5.32 Å². The van der Waals surface area contributed by atoms with Gasteiger partial charge in [0.1, 0.15) is 0 Å². The number of nitrogens with one attached hydrogen (secondary N) is 1. The molecule has 0 bridgehead atoms. The van der Waals surface area contributed by atoms with Gasteiger partial charge in [-0.15, -0.1) is 0 Å². The molecule has 0 radical (unpaired) electrons. The second-order valence-corrected chi connectivity index (χ2v) is 3.87. The zero-order valence-corrected chi connectivity index (χ0v) is 8.62. The Hall–Kier alpha value is -1.51. The van der Waals surface area contributed by atoms with Crippen LogP contribution in [0.4, 0.5) is 5.69 Å². The van der Waals surface area contributed by atoms with E-state index in [-0.39, 0.29) is 6.42 Å². The van der Waals surface area contributed by atoms with Gasteiger partial charge in [0.15, 0.2) is 0 Å². The molecule has 0 saturated carbocycles. The fraction of sp³-hybridized carbons (Fsp3) is 0.417. The zero-order chi connectivity index (χ0) is 10.7. The molecule has 0 aliphatic carbocycles. The predicted octanol–water partition coefficient (Wildman–Crippen LogP) is 2.06. The van der Waals surface area contributed by atoms with Crippen LogP contribution in [0.2, 0.25) is 0 Å². The monoisotopic (exact) mass is 205 g/mol. The Morgan fingerprint density at radius 2 is 2.33 bits per heavy atom. The molecular weight excluding hydrogens is 190 g/mol. The minimum atomic E-state index is -0.708. The first-order valence-electron chi connectivity index (χ1n) is 5.34. The van der Waals surface area contributed by atoms with Crippen molar-refractivity contribution < 1.29 is 9.90 Å². The van der Waals surface area contributed by atoms with Gasteiger partial charge in [-0.2, -0.15) is 0 Å². The van der Waals surface area contributed by atoms with Crippen LogP contribution in [-0.2, 0) is 17.6 Å². The summed E-state index contributed by atoms with van der Waals surface area (Å²) in [6, 6.07) is 6.23. The van der Waals surface area contributed by atoms with E-state index in [1.807, 2.05) is 6.07 Å². The molecule has 80 valence electrons. The van der Waals surface area contributed by atoms with E-state index in [4.69, 9.17) is 5.11 Å². The smallest absolute Gasteiger partial charge is 0.303 e. The highest BCUT2D eigenvalue weighted by Crippen LogP contribution is 2.26. The largest absolute Gasteiger partial charge is 0.481 e. The maximum Gasteiger partial charge on any atom is 0.303 e. The van der Waals surface area contributed by atoms with Crippen molar-refractivity contribution in [2.24, 2.45) is 0 Å². The van der Waals surface area contributed by atoms with Crippen molar-refractivity contribution in [3.8, 4) is 0 Å². The number of anilines is 1. The van der Waals surface area contributed by atoms with Crippen molar-refractivity contribution in [2.75, 3.05) is 11.9 Å². The Balaban J connectivity index is 2.02. The molecule has 15 heavy (non-hydrogen) atoms. The number of rotatable bonds is 4. The van der Waals surface area contributed by atoms with Gasteiger partial charge in [-0.25, -0.2) is 0 Å². The Labute approximate surface area is 89.1 Å². The van der Waals surface area contributed by atoms with Gasteiger partial charge in [0.2, 0.25) is 0 Å². The normalized spacial score (nSPS) is 13.3. The van der Waals surface area contributed by atoms with Gasteiger partial charge in [0, 0.05) is 18.7 Å². The van der Waals surface area contributed by atoms with Crippen molar-refractivity contribution in [3.63, 3.8) is 0 Å². The van der Waals surface area contributed by atoms with E-state index >= 15 is 0 Å². The van der Waals surface area contributed by atoms with Crippen LogP contribution in [0.1, 0.15) is 24.0 Å². The SMILES string of the molecule is O=C(O)CCCc1cccc2c1CCN2. The van der Waals surface area contributed by atoms with Crippen LogP contribution in [0.15, 0.2) is 18.2 Å². The Morgan fingerprint density at radius 3 is 3.13 bits per heavy atom. The minimum Gasteiger partial charge on any atom is -0.481 e. The molecule has 1 aromatic carbocycles. The van der Waals surface area contributed by atoms with E-state index in [0.717, 1.165) is 25.8 Å². The fourth-order valence-corrected chi connectivity index (χ4v) is 2.08. The summed E-state index contributed by atoms with van der Waals surface area (Å²) >= 11 is 0. The lowest BCUT2D eigenvalue weighted by Gasteiger charge is -2.06. The van der Waals surface area contributed by atoms with Crippen molar-refractivity contribution in [1.82, 2.24) is 0 Å². The Bertz CT molecular complexity index is 374. The van der Waals surface area contributed by atoms with Crippen LogP contribution in [0.3, 0.4) is 0 Å². The molecular formula is C12H15NO2. The lowest BCUT2D eigenvalue weighted by atomic mass is 10.00. The van der Waals surface area contributed by atoms with Gasteiger partial charge in [0.05, 0.1) is 0 Å². The van der Waals surface area contributed by atoms with Crippen LogP contribution in [-0.4, -0.2) is 17.6 Å². The highest BCUT2D eigenvalue weighted by molar-refractivity contribution is 5.66. The summed E-state index contributed by atoms with van der Waals surface area (Å²) < 4.78 is 0. The van der Waals surface area contributed by atoms with Crippen molar-refractivity contribution in [1.29, 1.82) is 0 Å². The Kier molecular flexibility index (Phi) is 2.90. The zero-order valence-electron chi connectivity index (χ0n) is 8.62. The maximum atomic E-state index is 10.4. The lowest BCUT2D eigenvalue weighted by molar-refractivity contribution is -0.137. The molecule has 0 unspecified atom stereocenters. The number of benzene rings is 1. The van der Waals surface area contributed by atoms with Gasteiger partial charge < -0.3 is 10.4 Å². The molecule has 0 spiro atoms. The molecule has 3 nitrogen and oxygen atoms in total. The van der Waals surface area contributed by atoms with E-state index in [1.54, 1.807) is 0 Å². The molecule has 1 heterocycles. The van der Waals surface area contributed by atoms with Gasteiger partial charge in [-0.05, 0) is 36.5 Å². The molecule has 1 aromatic rings. The van der Waals surface area contributed by atoms with Gasteiger partial charge >= 0.3 is 5.97 Å². The molecule has 0 aromatic heterocycles. The topological polar surface area (TPSA) is 49.3 Å². The number of carbonyl (C=O) groups is 1. The number of aryl methyl sites for hydroxylation is 1. The first-order chi connectivity index (χ1) is 7.27. The molecule has 2 rings (SSSR count). The summed E-state index contributed by atoms with van der Waals surface area (Å²) in [5.41, 5.74) is 3.91. The van der Waals surface area contributed by atoms with Crippen molar-refractivity contribution in [2.45, 2.75) is 25.7 Å². The average Bonchev–Trinajstić information content (AvgIpc) is 2.65. The van der Waals surface area contributed by atoms with Crippen LogP contribution in [0.25, 0.3) is 0 Å². The Morgan fingerprint density at radius 1 is 1.47 bits per heavy atom. The second-order valence-electron chi connectivity index (χ2n) is 3.87. The standard InChI is InChI=1S/C12H15NO2/c14-12(15)6-2-4-9-3-1-5-11-10(9)7-8-13-11/h1,3,5,13H,2,4,6-8H2,(H,14,15). The van der Waals surface area contributed by atoms with E-state index in [9.17, 15) is 4.79 Å². The summed E-state index contributed by atoms with van der Waals surface area (Å²) in [7, 11) is 0. The number of carboxylic acid groups (broad SMARTS) is 1. The summed E-state index contributed by atoms with van der Waals surface area (Å²) in [4.78, 5) is 10.4. The molecule has 1 aliphatic heterocycles. The highest BCUT2D eigenvalue weighted by Gasteiger charge is 2.13. The molecule has 2 N–H and O–H groups in total. The third-order valence-corrected chi connectivity index (χ3v) is 2.80. The average molecular weight is 205 g/mol. The van der Waals surface area contributed by atoms with E-state index in [0.29, 0.717) is 0 Å². The first kappa shape index (κ1) is 10.0. The van der Waals surface area contributed by atoms with Crippen molar-refractivity contribution >= 4 is 11.7 Å². The van der Waals surface area contributed by atoms with Crippen LogP contribution >= 0.6 is 0 Å². The molecule has 1 aliphatic rings. The molecule has 0 atom stereocenters. The molecule has 0 saturated heterocycles. The van der Waals surface area contributed by atoms with Crippen LogP contribution in [0, 0.1) is 0 Å². The van der Waals surface area contributed by atoms with E-state index in [2.05, 4.69) is 17.4 Å². The number of fused-ring (bicyclic) bond motifs is 1. The number of hydrogen-bond donors (Lipinski definition) is 2. The van der Waals surface area contributed by atoms with Crippen molar-refractivity contribution in [3.05, 3.63) is 29.3 Å². The first-order valence-corrected chi connectivity index (χ1v) is 5.34. The fourth-order valence-electron chi connectivity index (χ4n) is 2.08. The van der Waals surface area contributed by atoms with Gasteiger partial charge in [-0.3, -0.25) is 4.79 Å². The second kappa shape index (κ2) is 4.34. The summed E-state index contributed by atoms with van der Waals surface area (Å²) in [5.74, 6) is -0.708. The van der Waals surface area contributed by atoms with E-state index in [1.165, 1.54) is 16.8 Å². The molecule has 0 amide bonds. The third-order valence-electron chi connectivity index (χ3n) is 2.80. The number of aliphatic carboxylic acids is 1. The highest BCUT2D eigenvalue weighted by atomic mass is 16.4. The summed E-state index contributed by atoms with van der Waals surface area (Å²) in [6.07, 6.45) is 2.93. The predicted molar refractivity (Wildman–Crippen MR) is 59.2 cm³/mol. The maximum absolute atomic E-state index is 10.4. The summed E-state index contributed by atoms with van der Waals surface area (Å²) in [5, 5.41) is 11.9. The molecule has 3 heteroatoms. The van der Waals surface area contributed by atoms with Gasteiger partial charge in [-0.1, -0.05) is 12.1 Å². The quantitative estimate of drug-likeness (QED) is 0.791. The van der Waals surface area contributed by atoms with Gasteiger partial charge in [0.25, 0.3) is 0 Å². The molecule has 0 fully saturated rings.